The summed E-state index contributed by atoms with van der Waals surface area (Å²) in [7, 11) is 0. The first kappa shape index (κ1) is 7.16. The van der Waals surface area contributed by atoms with Gasteiger partial charge in [-0.3, -0.25) is 0 Å². The van der Waals surface area contributed by atoms with E-state index in [-0.39, 0.29) is 0 Å². The summed E-state index contributed by atoms with van der Waals surface area (Å²) < 4.78 is -1.11. The van der Waals surface area contributed by atoms with Crippen LogP contribution in [-0.2, 0) is 4.79 Å². The molecular formula is C3H6INO2. The Morgan fingerprint density at radius 3 is 2.14 bits per heavy atom. The maximum atomic E-state index is 9.89. The lowest BCUT2D eigenvalue weighted by Gasteiger charge is -2.06. The Kier molecular flexibility index (Phi) is 2.00. The van der Waals surface area contributed by atoms with Crippen LogP contribution in [0.3, 0.4) is 0 Å². The molecule has 3 N–H and O–H groups in total. The van der Waals surface area contributed by atoms with Crippen LogP contribution < -0.4 is 5.73 Å². The molecule has 0 rings (SSSR count). The Morgan fingerprint density at radius 1 is 2.00 bits per heavy atom. The molecule has 0 aliphatic heterocycles. The van der Waals surface area contributed by atoms with E-state index in [1.54, 1.807) is 22.6 Å². The van der Waals surface area contributed by atoms with E-state index in [9.17, 15) is 4.79 Å². The zero-order chi connectivity index (χ0) is 6.08. The van der Waals surface area contributed by atoms with Crippen molar-refractivity contribution >= 4 is 28.6 Å². The lowest BCUT2D eigenvalue weighted by atomic mass is 10.4. The van der Waals surface area contributed by atoms with Gasteiger partial charge in [0.15, 0.2) is 3.55 Å². The number of hydrogen-bond acceptors (Lipinski definition) is 2. The van der Waals surface area contributed by atoms with Crippen molar-refractivity contribution in [3.05, 3.63) is 0 Å². The molecule has 1 unspecified atom stereocenters. The molecule has 0 bridgehead atoms. The van der Waals surface area contributed by atoms with Gasteiger partial charge in [0.25, 0.3) is 0 Å². The minimum Gasteiger partial charge on any atom is -0.479 e. The molecule has 0 spiro atoms. The molecule has 0 aromatic rings. The number of carboxylic acid groups (broad SMARTS) is 1. The molecule has 0 aliphatic rings. The normalized spacial score (nSPS) is 18.1. The van der Waals surface area contributed by atoms with E-state index in [1.165, 1.54) is 6.92 Å². The van der Waals surface area contributed by atoms with Gasteiger partial charge in [0.05, 0.1) is 0 Å². The number of halogens is 1. The third-order valence-electron chi connectivity index (χ3n) is 0.418. The minimum atomic E-state index is -1.11. The molecule has 0 aromatic carbocycles. The quantitative estimate of drug-likeness (QED) is 0.372. The Bertz CT molecular complexity index is 85.4. The first-order valence-corrected chi connectivity index (χ1v) is 2.73. The Hall–Kier alpha value is 0.160. The van der Waals surface area contributed by atoms with Crippen LogP contribution in [0.4, 0.5) is 0 Å². The number of hydrogen-bond donors (Lipinski definition) is 2. The van der Waals surface area contributed by atoms with E-state index in [1.807, 2.05) is 0 Å². The van der Waals surface area contributed by atoms with Crippen molar-refractivity contribution in [2.45, 2.75) is 10.5 Å². The molecule has 0 aromatic heterocycles. The van der Waals surface area contributed by atoms with E-state index in [0.717, 1.165) is 0 Å². The molecule has 3 nitrogen and oxygen atoms in total. The Morgan fingerprint density at radius 2 is 2.14 bits per heavy atom. The van der Waals surface area contributed by atoms with Gasteiger partial charge < -0.3 is 10.8 Å². The lowest BCUT2D eigenvalue weighted by Crippen LogP contribution is -2.37. The summed E-state index contributed by atoms with van der Waals surface area (Å²) in [4.78, 5) is 9.89. The van der Waals surface area contributed by atoms with E-state index >= 15 is 0 Å². The summed E-state index contributed by atoms with van der Waals surface area (Å²) in [5, 5.41) is 8.12. The molecular weight excluding hydrogens is 209 g/mol. The molecule has 0 fully saturated rings. The number of nitrogens with two attached hydrogens (primary N) is 1. The fourth-order valence-electron chi connectivity index (χ4n) is 0. The summed E-state index contributed by atoms with van der Waals surface area (Å²) in [6, 6.07) is 0. The predicted molar refractivity (Wildman–Crippen MR) is 34.2 cm³/mol. The van der Waals surface area contributed by atoms with Crippen molar-refractivity contribution in [2.24, 2.45) is 5.73 Å². The zero-order valence-corrected chi connectivity index (χ0v) is 5.97. The van der Waals surface area contributed by atoms with Crippen LogP contribution >= 0.6 is 22.6 Å². The van der Waals surface area contributed by atoms with Crippen molar-refractivity contribution < 1.29 is 9.90 Å². The van der Waals surface area contributed by atoms with E-state index in [4.69, 9.17) is 10.8 Å². The summed E-state index contributed by atoms with van der Waals surface area (Å²) in [5.74, 6) is -0.992. The van der Waals surface area contributed by atoms with Crippen molar-refractivity contribution in [2.75, 3.05) is 0 Å². The van der Waals surface area contributed by atoms with Crippen molar-refractivity contribution in [1.29, 1.82) is 0 Å². The topological polar surface area (TPSA) is 63.3 Å². The molecule has 0 aliphatic carbocycles. The van der Waals surface area contributed by atoms with Crippen LogP contribution in [0.1, 0.15) is 6.92 Å². The van der Waals surface area contributed by atoms with Crippen molar-refractivity contribution in [1.82, 2.24) is 0 Å². The zero-order valence-electron chi connectivity index (χ0n) is 3.81. The standard InChI is InChI=1S/C3H6INO2/c1-3(4,5)2(6)7/h5H2,1H3,(H,6,7). The molecule has 0 amide bonds. The second-order valence-electron chi connectivity index (χ2n) is 1.38. The predicted octanol–water partition coefficient (Wildman–Crippen LogP) is 0.181. The van der Waals surface area contributed by atoms with Gasteiger partial charge in [-0.25, -0.2) is 4.79 Å². The molecule has 0 radical (unpaired) electrons. The molecule has 0 saturated carbocycles. The van der Waals surface area contributed by atoms with E-state index < -0.39 is 9.51 Å². The van der Waals surface area contributed by atoms with Gasteiger partial charge in [-0.2, -0.15) is 0 Å². The number of aliphatic carboxylic acids is 1. The fourth-order valence-corrected chi connectivity index (χ4v) is 0. The first-order valence-electron chi connectivity index (χ1n) is 1.66. The molecule has 1 atom stereocenters. The summed E-state index contributed by atoms with van der Waals surface area (Å²) >= 11 is 1.64. The van der Waals surface area contributed by atoms with E-state index in [2.05, 4.69) is 0 Å². The fraction of sp³-hybridized carbons (Fsp3) is 0.667. The van der Waals surface area contributed by atoms with Crippen LogP contribution in [0.15, 0.2) is 0 Å². The van der Waals surface area contributed by atoms with Gasteiger partial charge in [0.2, 0.25) is 0 Å². The second-order valence-corrected chi connectivity index (χ2v) is 3.62. The van der Waals surface area contributed by atoms with Gasteiger partial charge in [-0.1, -0.05) is 0 Å². The summed E-state index contributed by atoms with van der Waals surface area (Å²) in [6.45, 7) is 1.43. The summed E-state index contributed by atoms with van der Waals surface area (Å²) in [5.41, 5.74) is 5.07. The maximum absolute atomic E-state index is 9.89. The smallest absolute Gasteiger partial charge is 0.333 e. The molecule has 0 heterocycles. The van der Waals surface area contributed by atoms with Gasteiger partial charge in [-0.05, 0) is 29.5 Å². The van der Waals surface area contributed by atoms with Crippen LogP contribution in [-0.4, -0.2) is 14.6 Å². The average Bonchev–Trinajstić information content (AvgIpc) is 1.31. The number of carbonyl (C=O) groups is 1. The van der Waals surface area contributed by atoms with Gasteiger partial charge in [-0.15, -0.1) is 0 Å². The molecule has 42 valence electrons. The third-order valence-corrected chi connectivity index (χ3v) is 0.880. The first-order chi connectivity index (χ1) is 2.94. The van der Waals surface area contributed by atoms with Crippen LogP contribution in [0.5, 0.6) is 0 Å². The number of alkyl halides is 1. The highest BCUT2D eigenvalue weighted by atomic mass is 127. The lowest BCUT2D eigenvalue weighted by molar-refractivity contribution is -0.138. The Balaban J connectivity index is 3.79. The molecule has 7 heavy (non-hydrogen) atoms. The van der Waals surface area contributed by atoms with Gasteiger partial charge in [0, 0.05) is 0 Å². The highest BCUT2D eigenvalue weighted by Gasteiger charge is 2.22. The van der Waals surface area contributed by atoms with Crippen LogP contribution in [0, 0.1) is 0 Å². The van der Waals surface area contributed by atoms with E-state index in [0.29, 0.717) is 0 Å². The largest absolute Gasteiger partial charge is 0.479 e. The van der Waals surface area contributed by atoms with Crippen LogP contribution in [0.25, 0.3) is 0 Å². The highest BCUT2D eigenvalue weighted by molar-refractivity contribution is 14.1. The number of carboxylic acids is 1. The monoisotopic (exact) mass is 215 g/mol. The minimum absolute atomic E-state index is 0.992. The van der Waals surface area contributed by atoms with Gasteiger partial charge in [0.1, 0.15) is 0 Å². The molecule has 4 heteroatoms. The number of rotatable bonds is 1. The highest BCUT2D eigenvalue weighted by Crippen LogP contribution is 2.07. The Labute approximate surface area is 55.0 Å². The maximum Gasteiger partial charge on any atom is 0.333 e. The molecule has 0 saturated heterocycles. The average molecular weight is 215 g/mol. The third kappa shape index (κ3) is 2.81. The van der Waals surface area contributed by atoms with Gasteiger partial charge >= 0.3 is 5.97 Å². The summed E-state index contributed by atoms with van der Waals surface area (Å²) in [6.07, 6.45) is 0. The SMILES string of the molecule is CC(N)(I)C(=O)O. The van der Waals surface area contributed by atoms with Crippen molar-refractivity contribution in [3.8, 4) is 0 Å². The van der Waals surface area contributed by atoms with Crippen molar-refractivity contribution in [3.63, 3.8) is 0 Å². The van der Waals surface area contributed by atoms with Crippen LogP contribution in [0.2, 0.25) is 0 Å². The second kappa shape index (κ2) is 1.95.